The Bertz CT molecular complexity index is 1050. The van der Waals surface area contributed by atoms with Gasteiger partial charge < -0.3 is 9.84 Å². The number of aliphatic hydroxyl groups is 1. The molecule has 10 heteroatoms. The Kier molecular flexibility index (Phi) is 3.57. The molecule has 0 amide bonds. The van der Waals surface area contributed by atoms with Crippen LogP contribution >= 0.6 is 0 Å². The summed E-state index contributed by atoms with van der Waals surface area (Å²) in [5.74, 6) is -12.2. The highest BCUT2D eigenvalue weighted by Gasteiger charge is 2.82. The lowest BCUT2D eigenvalue weighted by Crippen LogP contribution is -2.53. The second-order valence-corrected chi connectivity index (χ2v) is 6.48. The van der Waals surface area contributed by atoms with Crippen molar-refractivity contribution in [1.82, 2.24) is 0 Å². The van der Waals surface area contributed by atoms with Gasteiger partial charge in [0.1, 0.15) is 17.3 Å². The molecule has 1 N–H and O–H groups in total. The van der Waals surface area contributed by atoms with Crippen molar-refractivity contribution < 1.29 is 40.6 Å². The molecule has 0 radical (unpaired) electrons. The molecule has 2 aliphatic rings. The molecule has 0 saturated heterocycles. The minimum Gasteiger partial charge on any atom is -0.458 e. The van der Waals surface area contributed by atoms with Crippen molar-refractivity contribution in [3.63, 3.8) is 0 Å². The van der Waals surface area contributed by atoms with Gasteiger partial charge in [-0.1, -0.05) is 0 Å². The normalized spacial score (nSPS) is 28.7. The zero-order valence-corrected chi connectivity index (χ0v) is 13.5. The maximum Gasteiger partial charge on any atom is 0.349 e. The molecule has 2 aromatic rings. The number of alkyl halides is 6. The van der Waals surface area contributed by atoms with E-state index in [0.717, 1.165) is 18.2 Å². The number of rotatable bonds is 2. The van der Waals surface area contributed by atoms with Crippen molar-refractivity contribution >= 4 is 5.69 Å². The van der Waals surface area contributed by atoms with Crippen LogP contribution in [0.15, 0.2) is 30.3 Å². The van der Waals surface area contributed by atoms with Crippen LogP contribution in [0.4, 0.5) is 36.4 Å². The molecule has 28 heavy (non-hydrogen) atoms. The summed E-state index contributed by atoms with van der Waals surface area (Å²) in [6.07, 6.45) is -6.26. The topological polar surface area (TPSA) is 33.8 Å². The number of halogens is 7. The first kappa shape index (κ1) is 18.6. The highest BCUT2D eigenvalue weighted by molar-refractivity contribution is 5.62. The predicted octanol–water partition coefficient (Wildman–Crippen LogP) is 5.46. The zero-order valence-electron chi connectivity index (χ0n) is 13.5. The van der Waals surface area contributed by atoms with Gasteiger partial charge in [0.2, 0.25) is 0 Å². The molecule has 0 fully saturated rings. The third-order valence-electron chi connectivity index (χ3n) is 4.94. The van der Waals surface area contributed by atoms with E-state index in [1.54, 1.807) is 0 Å². The van der Waals surface area contributed by atoms with Crippen LogP contribution in [0.3, 0.4) is 0 Å². The molecule has 0 heterocycles. The molecule has 0 spiro atoms. The van der Waals surface area contributed by atoms with Gasteiger partial charge in [-0.3, -0.25) is 0 Å². The van der Waals surface area contributed by atoms with E-state index in [-0.39, 0.29) is 11.4 Å². The van der Waals surface area contributed by atoms with Crippen molar-refractivity contribution in [2.24, 2.45) is 0 Å². The SMILES string of the molecule is [C-]#[N+]c1cc(F)cc(Oc2ccc3c4c2C(F)[C@H](F)[C@]4(O)C(F)(F)C3(F)F)c1. The third kappa shape index (κ3) is 1.97. The lowest BCUT2D eigenvalue weighted by molar-refractivity contribution is -0.302. The number of hydrogen-bond acceptors (Lipinski definition) is 2. The standard InChI is InChI=1S/C18H8F7NO2/c1-26-8-4-7(19)5-9(6-8)28-11-3-2-10-13-12(11)14(20)15(21)16(13,27)18(24,25)17(10,22)23/h2-6,14-15,27H/t14?,15-,16-/m0/s1. The summed E-state index contributed by atoms with van der Waals surface area (Å²) >= 11 is 0. The van der Waals surface area contributed by atoms with Crippen molar-refractivity contribution in [3.8, 4) is 11.5 Å². The Morgan fingerprint density at radius 2 is 1.75 bits per heavy atom. The average molecular weight is 403 g/mol. The lowest BCUT2D eigenvalue weighted by atomic mass is 9.93. The van der Waals surface area contributed by atoms with Gasteiger partial charge in [0.05, 0.1) is 6.57 Å². The maximum absolute atomic E-state index is 14.5. The summed E-state index contributed by atoms with van der Waals surface area (Å²) in [7, 11) is 0. The molecule has 2 aromatic carbocycles. The molecular formula is C18H8F7NO2. The van der Waals surface area contributed by atoms with Crippen LogP contribution in [0.1, 0.15) is 22.9 Å². The molecule has 0 aliphatic heterocycles. The van der Waals surface area contributed by atoms with Crippen molar-refractivity contribution in [3.05, 3.63) is 64.3 Å². The summed E-state index contributed by atoms with van der Waals surface area (Å²) in [6.45, 7) is 6.87. The molecule has 4 rings (SSSR count). The van der Waals surface area contributed by atoms with Gasteiger partial charge in [-0.15, -0.1) is 0 Å². The van der Waals surface area contributed by atoms with Crippen molar-refractivity contribution in [1.29, 1.82) is 0 Å². The highest BCUT2D eigenvalue weighted by atomic mass is 19.3. The summed E-state index contributed by atoms with van der Waals surface area (Å²) in [6, 6.07) is 3.84. The summed E-state index contributed by atoms with van der Waals surface area (Å²) in [4.78, 5) is 2.98. The monoisotopic (exact) mass is 403 g/mol. The maximum atomic E-state index is 14.5. The predicted molar refractivity (Wildman–Crippen MR) is 80.7 cm³/mol. The van der Waals surface area contributed by atoms with Gasteiger partial charge in [0, 0.05) is 22.8 Å². The van der Waals surface area contributed by atoms with E-state index in [0.29, 0.717) is 12.1 Å². The fraction of sp³-hybridized carbons (Fsp3) is 0.278. The van der Waals surface area contributed by atoms with E-state index < -0.39 is 58.0 Å². The molecular weight excluding hydrogens is 395 g/mol. The Morgan fingerprint density at radius 1 is 1.07 bits per heavy atom. The van der Waals surface area contributed by atoms with Gasteiger partial charge >= 0.3 is 11.8 Å². The highest BCUT2D eigenvalue weighted by Crippen LogP contribution is 2.69. The summed E-state index contributed by atoms with van der Waals surface area (Å²) in [5, 5.41) is 10.1. The first-order chi connectivity index (χ1) is 13.0. The van der Waals surface area contributed by atoms with Crippen LogP contribution in [0.2, 0.25) is 0 Å². The van der Waals surface area contributed by atoms with Crippen LogP contribution < -0.4 is 4.74 Å². The van der Waals surface area contributed by atoms with Crippen LogP contribution in [0.5, 0.6) is 11.5 Å². The second kappa shape index (κ2) is 5.38. The Morgan fingerprint density at radius 3 is 2.39 bits per heavy atom. The van der Waals surface area contributed by atoms with Gasteiger partial charge in [-0.25, -0.2) is 18.0 Å². The molecule has 3 atom stereocenters. The Labute approximate surface area is 152 Å². The van der Waals surface area contributed by atoms with Gasteiger partial charge in [-0.2, -0.15) is 17.6 Å². The minimum absolute atomic E-state index is 0.206. The van der Waals surface area contributed by atoms with E-state index in [4.69, 9.17) is 11.3 Å². The van der Waals surface area contributed by atoms with Gasteiger partial charge in [0.15, 0.2) is 23.6 Å². The molecule has 3 nitrogen and oxygen atoms in total. The van der Waals surface area contributed by atoms with Gasteiger partial charge in [-0.05, 0) is 24.3 Å². The molecule has 0 bridgehead atoms. The summed E-state index contributed by atoms with van der Waals surface area (Å²) in [5.41, 5.74) is -7.97. The molecule has 146 valence electrons. The smallest absolute Gasteiger partial charge is 0.349 e. The summed E-state index contributed by atoms with van der Waals surface area (Å²) < 4.78 is 104. The van der Waals surface area contributed by atoms with E-state index in [9.17, 15) is 35.8 Å². The van der Waals surface area contributed by atoms with Crippen LogP contribution in [-0.4, -0.2) is 17.2 Å². The molecule has 0 saturated carbocycles. The first-order valence-corrected chi connectivity index (χ1v) is 7.76. The first-order valence-electron chi connectivity index (χ1n) is 7.76. The molecule has 2 aliphatic carbocycles. The second-order valence-electron chi connectivity index (χ2n) is 6.48. The Hall–Kier alpha value is -2.80. The number of nitrogens with zero attached hydrogens (tertiary/aromatic N) is 1. The lowest BCUT2D eigenvalue weighted by Gasteiger charge is -2.32. The average Bonchev–Trinajstić information content (AvgIpc) is 2.90. The molecule has 0 aromatic heterocycles. The fourth-order valence-electron chi connectivity index (χ4n) is 3.67. The van der Waals surface area contributed by atoms with E-state index in [2.05, 4.69) is 4.85 Å². The largest absolute Gasteiger partial charge is 0.458 e. The number of benzene rings is 2. The zero-order chi connectivity index (χ0) is 20.6. The van der Waals surface area contributed by atoms with Crippen LogP contribution in [0, 0.1) is 12.4 Å². The third-order valence-corrected chi connectivity index (χ3v) is 4.94. The van der Waals surface area contributed by atoms with E-state index >= 15 is 0 Å². The number of hydrogen-bond donors (Lipinski definition) is 1. The Balaban J connectivity index is 1.92. The van der Waals surface area contributed by atoms with E-state index in [1.165, 1.54) is 0 Å². The van der Waals surface area contributed by atoms with Crippen molar-refractivity contribution in [2.45, 2.75) is 29.8 Å². The number of ether oxygens (including phenoxy) is 1. The van der Waals surface area contributed by atoms with Crippen LogP contribution in [0.25, 0.3) is 4.85 Å². The van der Waals surface area contributed by atoms with Crippen molar-refractivity contribution in [2.75, 3.05) is 0 Å². The fourth-order valence-corrected chi connectivity index (χ4v) is 3.67. The quantitative estimate of drug-likeness (QED) is 0.534. The van der Waals surface area contributed by atoms with E-state index in [1.807, 2.05) is 0 Å². The van der Waals surface area contributed by atoms with Crippen LogP contribution in [-0.2, 0) is 11.5 Å². The minimum atomic E-state index is -5.30. The molecule has 1 unspecified atom stereocenters. The van der Waals surface area contributed by atoms with Gasteiger partial charge in [0.25, 0.3) is 0 Å².